The number of nitrogens with zero attached hydrogens (tertiary/aromatic N) is 3. The topological polar surface area (TPSA) is 242 Å². The molecule has 0 spiro atoms. The Bertz CT molecular complexity index is 2090. The molecule has 3 heterocycles. The van der Waals surface area contributed by atoms with E-state index >= 15 is 0 Å². The highest BCUT2D eigenvalue weighted by molar-refractivity contribution is 6.47. The van der Waals surface area contributed by atoms with Crippen molar-refractivity contribution in [1.29, 1.82) is 0 Å². The predicted octanol–water partition coefficient (Wildman–Crippen LogP) is 3.41. The lowest BCUT2D eigenvalue weighted by Crippen LogP contribution is -2.56. The molecule has 3 aliphatic rings. The maximum absolute atomic E-state index is 14.7. The second-order valence-corrected chi connectivity index (χ2v) is 13.6. The normalized spacial score (nSPS) is 17.7. The van der Waals surface area contributed by atoms with Gasteiger partial charge in [-0.25, -0.2) is 32.9 Å². The van der Waals surface area contributed by atoms with Crippen molar-refractivity contribution < 1.29 is 62.9 Å². The number of halogens is 4. The summed E-state index contributed by atoms with van der Waals surface area (Å²) in [6.07, 6.45) is 0.380. The van der Waals surface area contributed by atoms with Crippen LogP contribution in [0.25, 0.3) is 0 Å². The molecular formula is C33H31BCl2F2N6O11. The first-order valence-electron chi connectivity index (χ1n) is 16.6. The average molecular weight is 807 g/mol. The van der Waals surface area contributed by atoms with Gasteiger partial charge in [0.25, 0.3) is 0 Å². The summed E-state index contributed by atoms with van der Waals surface area (Å²) in [6.45, 7) is 0.395. The fourth-order valence-electron chi connectivity index (χ4n) is 6.61. The van der Waals surface area contributed by atoms with Gasteiger partial charge in [0.05, 0.1) is 21.7 Å². The minimum Gasteiger partial charge on any atom is -0.534 e. The molecule has 0 aliphatic carbocycles. The molecule has 2 atom stereocenters. The number of urea groups is 3. The van der Waals surface area contributed by atoms with Crippen molar-refractivity contribution >= 4 is 66.0 Å². The molecule has 6 rings (SSSR count). The van der Waals surface area contributed by atoms with Gasteiger partial charge in [0.2, 0.25) is 5.91 Å². The van der Waals surface area contributed by atoms with Crippen LogP contribution in [-0.2, 0) is 11.2 Å². The number of aromatic carboxylic acids is 1. The highest BCUT2D eigenvalue weighted by atomic mass is 35.5. The Labute approximate surface area is 320 Å². The van der Waals surface area contributed by atoms with Gasteiger partial charge in [-0.1, -0.05) is 29.3 Å². The summed E-state index contributed by atoms with van der Waals surface area (Å²) in [4.78, 5) is 69.1. The smallest absolute Gasteiger partial charge is 0.534 e. The van der Waals surface area contributed by atoms with E-state index in [-0.39, 0.29) is 60.7 Å². The first-order chi connectivity index (χ1) is 26.0. The maximum atomic E-state index is 14.7. The van der Waals surface area contributed by atoms with E-state index < -0.39 is 94.1 Å². The van der Waals surface area contributed by atoms with Gasteiger partial charge in [-0.05, 0) is 49.1 Å². The third-order valence-corrected chi connectivity index (χ3v) is 10.2. The number of carbonyl (C=O) groups is 5. The lowest BCUT2D eigenvalue weighted by Gasteiger charge is -2.36. The molecule has 7 amide bonds. The van der Waals surface area contributed by atoms with Crippen molar-refractivity contribution in [2.24, 2.45) is 0 Å². The lowest BCUT2D eigenvalue weighted by atomic mass is 9.72. The number of hydrogen-bond donors (Lipinski definition) is 8. The van der Waals surface area contributed by atoms with Crippen LogP contribution in [0.1, 0.15) is 40.4 Å². The number of carboxylic acids is 1. The summed E-state index contributed by atoms with van der Waals surface area (Å²) in [6, 6.07) is 1.99. The van der Waals surface area contributed by atoms with Crippen LogP contribution in [0.2, 0.25) is 10.0 Å². The van der Waals surface area contributed by atoms with Gasteiger partial charge in [-0.2, -0.15) is 0 Å². The second-order valence-electron chi connectivity index (χ2n) is 12.8. The number of carbonyl (C=O) groups excluding carboxylic acids is 4. The Hall–Kier alpha value is -5.73. The van der Waals surface area contributed by atoms with E-state index in [4.69, 9.17) is 27.9 Å². The molecule has 290 valence electrons. The quantitative estimate of drug-likeness (QED) is 0.127. The number of phenolic OH excluding ortho intramolecular Hbond substituents is 3. The van der Waals surface area contributed by atoms with Crippen LogP contribution in [0.3, 0.4) is 0 Å². The summed E-state index contributed by atoms with van der Waals surface area (Å²) < 4.78 is 34.2. The molecule has 0 aromatic heterocycles. The van der Waals surface area contributed by atoms with Crippen molar-refractivity contribution in [2.75, 3.05) is 31.5 Å². The van der Waals surface area contributed by atoms with Gasteiger partial charge in [0, 0.05) is 43.9 Å². The summed E-state index contributed by atoms with van der Waals surface area (Å²) in [7, 11) is -1.94. The van der Waals surface area contributed by atoms with E-state index in [1.54, 1.807) is 0 Å². The molecule has 0 radical (unpaired) electrons. The number of anilines is 1. The summed E-state index contributed by atoms with van der Waals surface area (Å²) in [5, 5.41) is 56.8. The van der Waals surface area contributed by atoms with Crippen molar-refractivity contribution in [1.82, 2.24) is 25.3 Å². The number of carboxylic acid groups (broad SMARTS) is 1. The fourth-order valence-corrected chi connectivity index (χ4v) is 7.03. The van der Waals surface area contributed by atoms with Gasteiger partial charge < -0.3 is 55.9 Å². The standard InChI is InChI=1S/C33H31BCl2F2N6O11/c35-18-3-2-16(45)12-21(18)39-31(51)42-7-5-15(6-8-42)43-9-10-44(33(43)53)32(52)41-25(17-13-20(38)26(46)27(47)24(17)36)29(48)40-22-11-14-1-4-19(37)23(30(49)50)28(14)55-34(22)54/h1-4,12-13,15,22,25,45-47,54H,5-11H2,(H,39,51)(H,40,48)(H,41,52)(H,49,50). The molecule has 0 bridgehead atoms. The van der Waals surface area contributed by atoms with Gasteiger partial charge >= 0.3 is 31.2 Å². The van der Waals surface area contributed by atoms with Crippen molar-refractivity contribution in [3.63, 3.8) is 0 Å². The zero-order valence-electron chi connectivity index (χ0n) is 28.3. The molecule has 2 saturated heterocycles. The molecule has 17 nitrogen and oxygen atoms in total. The SMILES string of the molecule is O=C(O)c1c(F)ccc2c1OB(O)C(NC(=O)C(NC(=O)N1CCN(C3CCN(C(=O)Nc4cc(O)ccc4Cl)CC3)C1=O)c1cc(F)c(O)c(O)c1Cl)C2. The van der Waals surface area contributed by atoms with Crippen LogP contribution < -0.4 is 20.6 Å². The number of likely N-dealkylation sites (tertiary alicyclic amines) is 1. The Morgan fingerprint density at radius 1 is 0.927 bits per heavy atom. The number of nitrogens with one attached hydrogen (secondary N) is 3. The largest absolute Gasteiger partial charge is 0.547 e. The first kappa shape index (κ1) is 39.0. The molecule has 55 heavy (non-hydrogen) atoms. The fraction of sp³-hybridized carbons (Fsp3) is 0.303. The zero-order valence-corrected chi connectivity index (χ0v) is 29.8. The third-order valence-electron chi connectivity index (χ3n) is 9.46. The van der Waals surface area contributed by atoms with Crippen LogP contribution in [-0.4, -0.2) is 115 Å². The second kappa shape index (κ2) is 15.6. The minimum atomic E-state index is -1.97. The van der Waals surface area contributed by atoms with Crippen molar-refractivity contribution in [3.8, 4) is 23.0 Å². The molecule has 8 N–H and O–H groups in total. The van der Waals surface area contributed by atoms with Crippen molar-refractivity contribution in [2.45, 2.75) is 37.3 Å². The molecule has 3 aliphatic heterocycles. The summed E-state index contributed by atoms with van der Waals surface area (Å²) >= 11 is 12.3. The zero-order chi connectivity index (χ0) is 39.9. The molecular weight excluding hydrogens is 776 g/mol. The van der Waals surface area contributed by atoms with Gasteiger partial charge in [0.15, 0.2) is 17.3 Å². The highest BCUT2D eigenvalue weighted by Gasteiger charge is 2.43. The number of phenols is 3. The minimum absolute atomic E-state index is 0.0815. The average Bonchev–Trinajstić information content (AvgIpc) is 3.54. The highest BCUT2D eigenvalue weighted by Crippen LogP contribution is 2.41. The van der Waals surface area contributed by atoms with Crippen LogP contribution in [0.5, 0.6) is 23.0 Å². The Balaban J connectivity index is 1.15. The number of piperidine rings is 1. The van der Waals surface area contributed by atoms with E-state index in [1.807, 2.05) is 0 Å². The Morgan fingerprint density at radius 2 is 1.64 bits per heavy atom. The summed E-state index contributed by atoms with van der Waals surface area (Å²) in [5.74, 6) is -9.71. The monoisotopic (exact) mass is 806 g/mol. The van der Waals surface area contributed by atoms with Crippen LogP contribution in [0, 0.1) is 11.6 Å². The summed E-state index contributed by atoms with van der Waals surface area (Å²) in [5.41, 5.74) is -1.09. The van der Waals surface area contributed by atoms with E-state index in [1.165, 1.54) is 34.1 Å². The number of amides is 7. The van der Waals surface area contributed by atoms with Gasteiger partial charge in [0.1, 0.15) is 28.9 Å². The van der Waals surface area contributed by atoms with E-state index in [9.17, 15) is 58.2 Å². The predicted molar refractivity (Wildman–Crippen MR) is 189 cm³/mol. The van der Waals surface area contributed by atoms with E-state index in [0.717, 1.165) is 11.0 Å². The molecule has 0 saturated carbocycles. The number of hydrogen-bond acceptors (Lipinski definition) is 10. The number of imide groups is 1. The van der Waals surface area contributed by atoms with Crippen LogP contribution in [0.4, 0.5) is 28.9 Å². The first-order valence-corrected chi connectivity index (χ1v) is 17.3. The number of aromatic hydroxyl groups is 3. The number of benzene rings is 3. The molecule has 3 aromatic carbocycles. The molecule has 2 unspecified atom stereocenters. The van der Waals surface area contributed by atoms with Crippen LogP contribution in [0.15, 0.2) is 36.4 Å². The van der Waals surface area contributed by atoms with Crippen molar-refractivity contribution in [3.05, 3.63) is 74.8 Å². The number of rotatable bonds is 7. The van der Waals surface area contributed by atoms with Crippen LogP contribution >= 0.6 is 23.2 Å². The number of fused-ring (bicyclic) bond motifs is 1. The Kier molecular flexibility index (Phi) is 11.0. The molecule has 2 fully saturated rings. The van der Waals surface area contributed by atoms with E-state index in [0.29, 0.717) is 18.9 Å². The van der Waals surface area contributed by atoms with E-state index in [2.05, 4.69) is 16.0 Å². The third kappa shape index (κ3) is 7.78. The molecule has 22 heteroatoms. The van der Waals surface area contributed by atoms with Gasteiger partial charge in [-0.15, -0.1) is 0 Å². The molecule has 3 aromatic rings. The Morgan fingerprint density at radius 3 is 2.33 bits per heavy atom. The lowest BCUT2D eigenvalue weighted by molar-refractivity contribution is -0.123. The maximum Gasteiger partial charge on any atom is 0.547 e. The van der Waals surface area contributed by atoms with Gasteiger partial charge in [-0.3, -0.25) is 4.79 Å².